The molecule has 2 atom stereocenters. The largest absolute Gasteiger partial charge is 0.388 e. The number of aromatic nitrogens is 4. The highest BCUT2D eigenvalue weighted by molar-refractivity contribution is 5.81. The number of benzene rings is 1. The first-order valence-electron chi connectivity index (χ1n) is 9.41. The smallest absolute Gasteiger partial charge is 0.165 e. The van der Waals surface area contributed by atoms with E-state index in [1.165, 1.54) is 6.33 Å². The van der Waals surface area contributed by atoms with Crippen molar-refractivity contribution in [1.29, 1.82) is 0 Å². The third-order valence-corrected chi connectivity index (χ3v) is 5.48. The highest BCUT2D eigenvalue weighted by Crippen LogP contribution is 2.36. The minimum absolute atomic E-state index is 0.0756. The van der Waals surface area contributed by atoms with Gasteiger partial charge in [0.1, 0.15) is 11.8 Å². The van der Waals surface area contributed by atoms with E-state index < -0.39 is 5.60 Å². The molecule has 142 valence electrons. The van der Waals surface area contributed by atoms with Crippen LogP contribution in [0.1, 0.15) is 31.2 Å². The molecule has 2 aromatic heterocycles. The zero-order valence-corrected chi connectivity index (χ0v) is 15.3. The number of aliphatic hydroxyl groups is 1. The number of nitrogen functional groups attached to an aromatic ring is 1. The van der Waals surface area contributed by atoms with Crippen LogP contribution in [-0.4, -0.2) is 36.8 Å². The highest BCUT2D eigenvalue weighted by atomic mass is 16.5. The fourth-order valence-corrected chi connectivity index (χ4v) is 3.94. The van der Waals surface area contributed by atoms with E-state index in [4.69, 9.17) is 10.5 Å². The van der Waals surface area contributed by atoms with E-state index in [0.29, 0.717) is 36.7 Å². The average molecular weight is 367 g/mol. The van der Waals surface area contributed by atoms with Gasteiger partial charge in [-0.1, -0.05) is 43.2 Å². The monoisotopic (exact) mass is 367 g/mol. The van der Waals surface area contributed by atoms with Gasteiger partial charge < -0.3 is 20.1 Å². The lowest BCUT2D eigenvalue weighted by Gasteiger charge is -2.40. The summed E-state index contributed by atoms with van der Waals surface area (Å²) in [5.41, 5.74) is 7.41. The summed E-state index contributed by atoms with van der Waals surface area (Å²) in [6.07, 6.45) is 6.93. The number of hydrogen-bond acceptors (Lipinski definition) is 6. The number of ether oxygens (including phenoxy) is 1. The van der Waals surface area contributed by atoms with Crippen molar-refractivity contribution in [2.45, 2.75) is 44.4 Å². The molecule has 1 saturated carbocycles. The summed E-state index contributed by atoms with van der Waals surface area (Å²) in [5.74, 6) is 0.434. The molecule has 3 aromatic rings. The maximum atomic E-state index is 11.4. The third kappa shape index (κ3) is 3.79. The first kappa shape index (κ1) is 17.9. The molecule has 0 amide bonds. The van der Waals surface area contributed by atoms with E-state index in [2.05, 4.69) is 27.1 Å². The second-order valence-corrected chi connectivity index (χ2v) is 7.35. The van der Waals surface area contributed by atoms with Crippen LogP contribution in [0, 0.1) is 5.92 Å². The van der Waals surface area contributed by atoms with Gasteiger partial charge in [0, 0.05) is 5.92 Å². The number of hydrogen-bond donors (Lipinski definition) is 2. The summed E-state index contributed by atoms with van der Waals surface area (Å²) in [6.45, 7) is 1.53. The molecule has 0 saturated heterocycles. The molecule has 4 rings (SSSR count). The number of imidazole rings is 1. The van der Waals surface area contributed by atoms with Crippen molar-refractivity contribution >= 4 is 17.0 Å². The second-order valence-electron chi connectivity index (χ2n) is 7.35. The average Bonchev–Trinajstić information content (AvgIpc) is 3.08. The van der Waals surface area contributed by atoms with Crippen LogP contribution in [0.15, 0.2) is 43.0 Å². The molecule has 3 N–H and O–H groups in total. The van der Waals surface area contributed by atoms with Crippen LogP contribution < -0.4 is 5.73 Å². The lowest BCUT2D eigenvalue weighted by molar-refractivity contribution is -0.0917. The number of anilines is 1. The maximum absolute atomic E-state index is 11.4. The van der Waals surface area contributed by atoms with Gasteiger partial charge in [0.15, 0.2) is 11.5 Å². The van der Waals surface area contributed by atoms with Crippen LogP contribution in [0.5, 0.6) is 0 Å². The molecule has 2 heterocycles. The zero-order chi connectivity index (χ0) is 18.7. The van der Waals surface area contributed by atoms with Gasteiger partial charge in [-0.05, 0) is 18.4 Å². The van der Waals surface area contributed by atoms with Gasteiger partial charge in [-0.15, -0.1) is 0 Å². The topological polar surface area (TPSA) is 99.1 Å². The molecule has 0 radical (unpaired) electrons. The summed E-state index contributed by atoms with van der Waals surface area (Å²) in [5, 5.41) is 11.4. The molecule has 0 unspecified atom stereocenters. The molecule has 7 nitrogen and oxygen atoms in total. The SMILES string of the molecule is Nc1ncnc2c1ncn2C[C@@]1(O)CCCC[C@@H]1COCc1ccccc1. The highest BCUT2D eigenvalue weighted by Gasteiger charge is 2.39. The molecule has 1 aromatic carbocycles. The van der Waals surface area contributed by atoms with E-state index in [-0.39, 0.29) is 5.92 Å². The molecule has 0 bridgehead atoms. The molecule has 1 aliphatic rings. The lowest BCUT2D eigenvalue weighted by atomic mass is 9.75. The van der Waals surface area contributed by atoms with Crippen molar-refractivity contribution in [3.63, 3.8) is 0 Å². The Balaban J connectivity index is 1.47. The minimum Gasteiger partial charge on any atom is -0.388 e. The van der Waals surface area contributed by atoms with Crippen LogP contribution in [0.2, 0.25) is 0 Å². The van der Waals surface area contributed by atoms with Gasteiger partial charge >= 0.3 is 0 Å². The lowest BCUT2D eigenvalue weighted by Crippen LogP contribution is -2.46. The van der Waals surface area contributed by atoms with E-state index >= 15 is 0 Å². The Bertz CT molecular complexity index is 898. The van der Waals surface area contributed by atoms with Crippen molar-refractivity contribution in [3.8, 4) is 0 Å². The second kappa shape index (κ2) is 7.62. The Labute approximate surface area is 158 Å². The van der Waals surface area contributed by atoms with Crippen molar-refractivity contribution in [2.75, 3.05) is 12.3 Å². The normalized spacial score (nSPS) is 22.9. The van der Waals surface area contributed by atoms with E-state index in [1.807, 2.05) is 22.8 Å². The van der Waals surface area contributed by atoms with Gasteiger partial charge in [0.2, 0.25) is 0 Å². The standard InChI is InChI=1S/C20H25N5O2/c21-18-17-19(23-13-22-18)25(14-24-17)12-20(26)9-5-4-8-16(20)11-27-10-15-6-2-1-3-7-15/h1-3,6-7,13-14,16,26H,4-5,8-12H2,(H2,21,22,23)/t16-,20+/m1/s1. The van der Waals surface area contributed by atoms with Crippen molar-refractivity contribution < 1.29 is 9.84 Å². The van der Waals surface area contributed by atoms with Crippen LogP contribution in [0.3, 0.4) is 0 Å². The summed E-state index contributed by atoms with van der Waals surface area (Å²) in [6, 6.07) is 10.1. The molecule has 0 spiro atoms. The minimum atomic E-state index is -0.845. The fourth-order valence-electron chi connectivity index (χ4n) is 3.94. The summed E-state index contributed by atoms with van der Waals surface area (Å²) < 4.78 is 7.83. The Kier molecular flexibility index (Phi) is 5.05. The molecule has 0 aliphatic heterocycles. The van der Waals surface area contributed by atoms with Crippen LogP contribution in [0.4, 0.5) is 5.82 Å². The molecular weight excluding hydrogens is 342 g/mol. The van der Waals surface area contributed by atoms with Gasteiger partial charge in [0.05, 0.1) is 31.7 Å². The molecule has 27 heavy (non-hydrogen) atoms. The number of nitrogens with two attached hydrogens (primary N) is 1. The predicted octanol–water partition coefficient (Wildman–Crippen LogP) is 2.55. The summed E-state index contributed by atoms with van der Waals surface area (Å²) >= 11 is 0. The number of rotatable bonds is 6. The predicted molar refractivity (Wildman–Crippen MR) is 103 cm³/mol. The van der Waals surface area contributed by atoms with Gasteiger partial charge in [-0.2, -0.15) is 0 Å². The molecule has 1 aliphatic carbocycles. The maximum Gasteiger partial charge on any atom is 0.165 e. The number of fused-ring (bicyclic) bond motifs is 1. The van der Waals surface area contributed by atoms with Crippen LogP contribution in [-0.2, 0) is 17.9 Å². The van der Waals surface area contributed by atoms with Crippen molar-refractivity contribution in [3.05, 3.63) is 48.5 Å². The van der Waals surface area contributed by atoms with Gasteiger partial charge in [-0.3, -0.25) is 0 Å². The van der Waals surface area contributed by atoms with E-state index in [1.54, 1.807) is 6.33 Å². The van der Waals surface area contributed by atoms with Crippen LogP contribution in [0.25, 0.3) is 11.2 Å². The Hall–Kier alpha value is -2.51. The Morgan fingerprint density at radius 3 is 2.89 bits per heavy atom. The van der Waals surface area contributed by atoms with Crippen molar-refractivity contribution in [1.82, 2.24) is 19.5 Å². The van der Waals surface area contributed by atoms with E-state index in [0.717, 1.165) is 31.2 Å². The summed E-state index contributed by atoms with van der Waals surface area (Å²) in [7, 11) is 0. The Morgan fingerprint density at radius 2 is 2.04 bits per heavy atom. The summed E-state index contributed by atoms with van der Waals surface area (Å²) in [4.78, 5) is 12.6. The zero-order valence-electron chi connectivity index (χ0n) is 15.3. The fraction of sp³-hybridized carbons (Fsp3) is 0.450. The molecule has 1 fully saturated rings. The Morgan fingerprint density at radius 1 is 1.19 bits per heavy atom. The third-order valence-electron chi connectivity index (χ3n) is 5.48. The molecular formula is C20H25N5O2. The first-order chi connectivity index (χ1) is 13.2. The quantitative estimate of drug-likeness (QED) is 0.695. The molecule has 7 heteroatoms. The van der Waals surface area contributed by atoms with Crippen molar-refractivity contribution in [2.24, 2.45) is 5.92 Å². The number of nitrogens with zero attached hydrogens (tertiary/aromatic N) is 4. The van der Waals surface area contributed by atoms with E-state index in [9.17, 15) is 5.11 Å². The van der Waals surface area contributed by atoms with Crippen LogP contribution >= 0.6 is 0 Å². The van der Waals surface area contributed by atoms with Gasteiger partial charge in [0.25, 0.3) is 0 Å². The first-order valence-corrected chi connectivity index (χ1v) is 9.41. The van der Waals surface area contributed by atoms with Gasteiger partial charge in [-0.25, -0.2) is 15.0 Å².